The minimum Gasteiger partial charge on any atom is -0.497 e. The van der Waals surface area contributed by atoms with E-state index in [4.69, 9.17) is 9.47 Å². The summed E-state index contributed by atoms with van der Waals surface area (Å²) in [4.78, 5) is 12.8. The molecule has 0 aliphatic heterocycles. The Morgan fingerprint density at radius 3 is 2.65 bits per heavy atom. The second-order valence-electron chi connectivity index (χ2n) is 4.24. The van der Waals surface area contributed by atoms with E-state index in [0.29, 0.717) is 6.73 Å². The number of methoxy groups -OCH3 is 2. The molecule has 1 aromatic carbocycles. The first kappa shape index (κ1) is 12.6. The average Bonchev–Trinajstić information content (AvgIpc) is 2.87. The smallest absolute Gasteiger partial charge is 0.165 e. The number of nitrogens with zero attached hydrogens (tertiary/aromatic N) is 4. The van der Waals surface area contributed by atoms with Crippen molar-refractivity contribution in [3.63, 3.8) is 0 Å². The van der Waals surface area contributed by atoms with Gasteiger partial charge in [0.25, 0.3) is 0 Å². The lowest BCUT2D eigenvalue weighted by Gasteiger charge is -2.07. The van der Waals surface area contributed by atoms with Gasteiger partial charge in [0.2, 0.25) is 0 Å². The van der Waals surface area contributed by atoms with Crippen LogP contribution in [0.2, 0.25) is 0 Å². The van der Waals surface area contributed by atoms with Crippen LogP contribution < -0.4 is 4.74 Å². The number of fused-ring (bicyclic) bond motifs is 1. The van der Waals surface area contributed by atoms with Crippen molar-refractivity contribution in [1.82, 2.24) is 19.5 Å². The molecule has 0 atom stereocenters. The molecule has 0 fully saturated rings. The highest BCUT2D eigenvalue weighted by atomic mass is 16.5. The predicted octanol–water partition coefficient (Wildman–Crippen LogP) is 2.11. The fourth-order valence-corrected chi connectivity index (χ4v) is 2.09. The zero-order chi connectivity index (χ0) is 13.9. The maximum Gasteiger partial charge on any atom is 0.165 e. The minimum atomic E-state index is 0.384. The third-order valence-electron chi connectivity index (χ3n) is 3.02. The largest absolute Gasteiger partial charge is 0.497 e. The molecule has 0 bridgehead atoms. The van der Waals surface area contributed by atoms with E-state index in [-0.39, 0.29) is 0 Å². The van der Waals surface area contributed by atoms with Crippen LogP contribution in [0, 0.1) is 0 Å². The third-order valence-corrected chi connectivity index (χ3v) is 3.02. The lowest BCUT2D eigenvalue weighted by atomic mass is 10.2. The Morgan fingerprint density at radius 1 is 1.15 bits per heavy atom. The van der Waals surface area contributed by atoms with Crippen molar-refractivity contribution in [3.05, 3.63) is 36.8 Å². The highest BCUT2D eigenvalue weighted by Crippen LogP contribution is 2.25. The zero-order valence-corrected chi connectivity index (χ0v) is 11.3. The molecular weight excluding hydrogens is 256 g/mol. The molecule has 2 heterocycles. The zero-order valence-electron chi connectivity index (χ0n) is 11.3. The SMILES string of the molecule is COCn1c(-c2ccc(OC)cc2)nc2cncnc21. The first-order valence-corrected chi connectivity index (χ1v) is 6.13. The van der Waals surface area contributed by atoms with Crippen LogP contribution in [0.25, 0.3) is 22.6 Å². The number of hydrogen-bond donors (Lipinski definition) is 0. The summed E-state index contributed by atoms with van der Waals surface area (Å²) in [6.45, 7) is 0.384. The Morgan fingerprint density at radius 2 is 1.95 bits per heavy atom. The lowest BCUT2D eigenvalue weighted by molar-refractivity contribution is 0.135. The molecule has 6 heteroatoms. The van der Waals surface area contributed by atoms with E-state index in [9.17, 15) is 0 Å². The number of rotatable bonds is 4. The van der Waals surface area contributed by atoms with Crippen molar-refractivity contribution in [3.8, 4) is 17.1 Å². The van der Waals surface area contributed by atoms with Crippen molar-refractivity contribution < 1.29 is 9.47 Å². The summed E-state index contributed by atoms with van der Waals surface area (Å²) < 4.78 is 12.3. The summed E-state index contributed by atoms with van der Waals surface area (Å²) >= 11 is 0. The van der Waals surface area contributed by atoms with Gasteiger partial charge in [-0.1, -0.05) is 0 Å². The van der Waals surface area contributed by atoms with Crippen molar-refractivity contribution in [2.75, 3.05) is 14.2 Å². The lowest BCUT2D eigenvalue weighted by Crippen LogP contribution is -2.03. The summed E-state index contributed by atoms with van der Waals surface area (Å²) in [6.07, 6.45) is 3.20. The quantitative estimate of drug-likeness (QED) is 0.726. The second-order valence-corrected chi connectivity index (χ2v) is 4.24. The third kappa shape index (κ3) is 2.10. The molecule has 0 unspecified atom stereocenters. The van der Waals surface area contributed by atoms with E-state index < -0.39 is 0 Å². The van der Waals surface area contributed by atoms with Crippen LogP contribution in [0.1, 0.15) is 0 Å². The Hall–Kier alpha value is -2.47. The summed E-state index contributed by atoms with van der Waals surface area (Å²) in [6, 6.07) is 7.72. The number of imidazole rings is 1. The summed E-state index contributed by atoms with van der Waals surface area (Å²) in [5, 5.41) is 0. The molecule has 6 nitrogen and oxygen atoms in total. The van der Waals surface area contributed by atoms with E-state index in [1.165, 1.54) is 6.33 Å². The van der Waals surface area contributed by atoms with Gasteiger partial charge in [-0.25, -0.2) is 15.0 Å². The molecule has 0 aliphatic rings. The van der Waals surface area contributed by atoms with Gasteiger partial charge in [0.1, 0.15) is 30.1 Å². The molecular formula is C14H14N4O2. The molecule has 0 spiro atoms. The van der Waals surface area contributed by atoms with E-state index in [1.54, 1.807) is 20.4 Å². The number of ether oxygens (including phenoxy) is 2. The van der Waals surface area contributed by atoms with Crippen molar-refractivity contribution >= 4 is 11.2 Å². The predicted molar refractivity (Wildman–Crippen MR) is 74.3 cm³/mol. The fourth-order valence-electron chi connectivity index (χ4n) is 2.09. The minimum absolute atomic E-state index is 0.384. The van der Waals surface area contributed by atoms with Crippen molar-refractivity contribution in [1.29, 1.82) is 0 Å². The highest BCUT2D eigenvalue weighted by molar-refractivity contribution is 5.76. The van der Waals surface area contributed by atoms with Gasteiger partial charge in [-0.15, -0.1) is 0 Å². The van der Waals surface area contributed by atoms with Crippen LogP contribution in [0.5, 0.6) is 5.75 Å². The van der Waals surface area contributed by atoms with E-state index in [0.717, 1.165) is 28.3 Å². The van der Waals surface area contributed by atoms with Crippen LogP contribution in [0.15, 0.2) is 36.8 Å². The molecule has 3 rings (SSSR count). The van der Waals surface area contributed by atoms with Gasteiger partial charge >= 0.3 is 0 Å². The van der Waals surface area contributed by atoms with Gasteiger partial charge in [0.15, 0.2) is 5.65 Å². The topological polar surface area (TPSA) is 62.1 Å². The van der Waals surface area contributed by atoms with E-state index in [2.05, 4.69) is 15.0 Å². The molecule has 2 aromatic heterocycles. The Kier molecular flexibility index (Phi) is 3.30. The molecule has 0 radical (unpaired) electrons. The van der Waals surface area contributed by atoms with E-state index in [1.807, 2.05) is 28.8 Å². The van der Waals surface area contributed by atoms with Crippen LogP contribution in [0.3, 0.4) is 0 Å². The van der Waals surface area contributed by atoms with Crippen LogP contribution in [-0.4, -0.2) is 33.7 Å². The molecule has 102 valence electrons. The first-order valence-electron chi connectivity index (χ1n) is 6.13. The second kappa shape index (κ2) is 5.26. The molecule has 0 amide bonds. The van der Waals surface area contributed by atoms with Gasteiger partial charge in [0.05, 0.1) is 13.3 Å². The van der Waals surface area contributed by atoms with Gasteiger partial charge < -0.3 is 9.47 Å². The molecule has 20 heavy (non-hydrogen) atoms. The highest BCUT2D eigenvalue weighted by Gasteiger charge is 2.13. The number of benzene rings is 1. The normalized spacial score (nSPS) is 10.9. The average molecular weight is 270 g/mol. The Labute approximate surface area is 116 Å². The van der Waals surface area contributed by atoms with Crippen LogP contribution in [0.4, 0.5) is 0 Å². The summed E-state index contributed by atoms with van der Waals surface area (Å²) in [5.41, 5.74) is 2.48. The standard InChI is InChI=1S/C14H14N4O2/c1-19-9-18-13(10-3-5-11(20-2)6-4-10)17-12-7-15-8-16-14(12)18/h3-8H,9H2,1-2H3. The number of aromatic nitrogens is 4. The molecule has 0 N–H and O–H groups in total. The van der Waals surface area contributed by atoms with Gasteiger partial charge in [-0.3, -0.25) is 4.57 Å². The van der Waals surface area contributed by atoms with Gasteiger partial charge in [-0.2, -0.15) is 0 Å². The van der Waals surface area contributed by atoms with Crippen molar-refractivity contribution in [2.45, 2.75) is 6.73 Å². The molecule has 3 aromatic rings. The fraction of sp³-hybridized carbons (Fsp3) is 0.214. The first-order chi connectivity index (χ1) is 9.83. The van der Waals surface area contributed by atoms with Gasteiger partial charge in [0, 0.05) is 12.7 Å². The molecule has 0 saturated carbocycles. The van der Waals surface area contributed by atoms with E-state index >= 15 is 0 Å². The van der Waals surface area contributed by atoms with Crippen molar-refractivity contribution in [2.24, 2.45) is 0 Å². The Bertz CT molecular complexity index is 722. The van der Waals surface area contributed by atoms with Crippen LogP contribution in [-0.2, 0) is 11.5 Å². The Balaban J connectivity index is 2.15. The monoisotopic (exact) mass is 270 g/mol. The molecule has 0 saturated heterocycles. The summed E-state index contributed by atoms with van der Waals surface area (Å²) in [7, 11) is 3.29. The molecule has 0 aliphatic carbocycles. The summed E-state index contributed by atoms with van der Waals surface area (Å²) in [5.74, 6) is 1.60. The van der Waals surface area contributed by atoms with Crippen LogP contribution >= 0.6 is 0 Å². The number of hydrogen-bond acceptors (Lipinski definition) is 5. The van der Waals surface area contributed by atoms with Gasteiger partial charge in [-0.05, 0) is 24.3 Å². The maximum absolute atomic E-state index is 5.24. The maximum atomic E-state index is 5.24.